The van der Waals surface area contributed by atoms with Crippen LogP contribution in [0.1, 0.15) is 20.8 Å². The SMILES string of the molecule is CC(C)C(C)NC(=O)N[C@H](CO)C(=O)O. The fourth-order valence-electron chi connectivity index (χ4n) is 0.759. The van der Waals surface area contributed by atoms with Crippen molar-refractivity contribution >= 4 is 12.0 Å². The number of carbonyl (C=O) groups is 2. The Labute approximate surface area is 88.7 Å². The smallest absolute Gasteiger partial charge is 0.328 e. The minimum Gasteiger partial charge on any atom is -0.480 e. The number of hydrogen-bond acceptors (Lipinski definition) is 3. The van der Waals surface area contributed by atoms with Crippen LogP contribution in [0.4, 0.5) is 4.79 Å². The Bertz CT molecular complexity index is 230. The highest BCUT2D eigenvalue weighted by molar-refractivity contribution is 5.82. The second-order valence-electron chi connectivity index (χ2n) is 3.72. The van der Waals surface area contributed by atoms with E-state index in [4.69, 9.17) is 10.2 Å². The molecule has 0 aliphatic rings. The lowest BCUT2D eigenvalue weighted by Crippen LogP contribution is -2.50. The maximum Gasteiger partial charge on any atom is 0.328 e. The predicted molar refractivity (Wildman–Crippen MR) is 54.5 cm³/mol. The zero-order chi connectivity index (χ0) is 12.0. The van der Waals surface area contributed by atoms with Crippen LogP contribution in [-0.2, 0) is 4.79 Å². The predicted octanol–water partition coefficient (Wildman–Crippen LogP) is -0.224. The molecule has 0 spiro atoms. The number of aliphatic hydroxyl groups is 1. The molecule has 0 rings (SSSR count). The van der Waals surface area contributed by atoms with Crippen molar-refractivity contribution < 1.29 is 19.8 Å². The van der Waals surface area contributed by atoms with Crippen LogP contribution in [0.3, 0.4) is 0 Å². The Kier molecular flexibility index (Phi) is 5.69. The number of aliphatic hydroxyl groups excluding tert-OH is 1. The Morgan fingerprint density at radius 1 is 1.20 bits per heavy atom. The average Bonchev–Trinajstić information content (AvgIpc) is 2.13. The summed E-state index contributed by atoms with van der Waals surface area (Å²) in [4.78, 5) is 21.7. The number of carbonyl (C=O) groups excluding carboxylic acids is 1. The topological polar surface area (TPSA) is 98.7 Å². The fraction of sp³-hybridized carbons (Fsp3) is 0.778. The fourth-order valence-corrected chi connectivity index (χ4v) is 0.759. The Morgan fingerprint density at radius 3 is 2.07 bits per heavy atom. The van der Waals surface area contributed by atoms with E-state index in [9.17, 15) is 9.59 Å². The van der Waals surface area contributed by atoms with Crippen LogP contribution in [0.5, 0.6) is 0 Å². The first-order valence-electron chi connectivity index (χ1n) is 4.79. The monoisotopic (exact) mass is 218 g/mol. The summed E-state index contributed by atoms with van der Waals surface area (Å²) < 4.78 is 0. The van der Waals surface area contributed by atoms with Crippen molar-refractivity contribution in [2.24, 2.45) is 5.92 Å². The third-order valence-electron chi connectivity index (χ3n) is 2.14. The summed E-state index contributed by atoms with van der Waals surface area (Å²) >= 11 is 0. The zero-order valence-electron chi connectivity index (χ0n) is 9.15. The normalized spacial score (nSPS) is 14.5. The first-order chi connectivity index (χ1) is 6.88. The molecule has 6 heteroatoms. The van der Waals surface area contributed by atoms with E-state index in [2.05, 4.69) is 10.6 Å². The quantitative estimate of drug-likeness (QED) is 0.512. The maximum absolute atomic E-state index is 11.2. The molecule has 0 aliphatic heterocycles. The molecule has 0 bridgehead atoms. The van der Waals surface area contributed by atoms with E-state index in [1.54, 1.807) is 0 Å². The number of carboxylic acids is 1. The number of hydrogen-bond donors (Lipinski definition) is 4. The minimum absolute atomic E-state index is 0.0573. The molecule has 2 atom stereocenters. The summed E-state index contributed by atoms with van der Waals surface area (Å²) in [6, 6.07) is -1.90. The molecule has 0 heterocycles. The van der Waals surface area contributed by atoms with Gasteiger partial charge in [0.05, 0.1) is 6.61 Å². The van der Waals surface area contributed by atoms with Crippen LogP contribution in [0.2, 0.25) is 0 Å². The molecule has 0 aromatic rings. The molecule has 15 heavy (non-hydrogen) atoms. The second kappa shape index (κ2) is 6.23. The summed E-state index contributed by atoms with van der Waals surface area (Å²) in [5.74, 6) is -1.00. The molecule has 0 aromatic heterocycles. The summed E-state index contributed by atoms with van der Waals surface area (Å²) in [6.45, 7) is 5.06. The van der Waals surface area contributed by atoms with E-state index in [-0.39, 0.29) is 12.0 Å². The molecule has 88 valence electrons. The van der Waals surface area contributed by atoms with E-state index in [1.165, 1.54) is 0 Å². The van der Waals surface area contributed by atoms with Gasteiger partial charge in [0.1, 0.15) is 0 Å². The van der Waals surface area contributed by atoms with Crippen LogP contribution in [0, 0.1) is 5.92 Å². The van der Waals surface area contributed by atoms with Crippen molar-refractivity contribution in [2.45, 2.75) is 32.9 Å². The number of aliphatic carboxylic acids is 1. The van der Waals surface area contributed by atoms with E-state index in [1.807, 2.05) is 20.8 Å². The molecule has 6 nitrogen and oxygen atoms in total. The summed E-state index contributed by atoms with van der Waals surface area (Å²) in [5.41, 5.74) is 0. The third kappa shape index (κ3) is 5.21. The third-order valence-corrected chi connectivity index (χ3v) is 2.14. The van der Waals surface area contributed by atoms with Gasteiger partial charge in [0.15, 0.2) is 6.04 Å². The average molecular weight is 218 g/mol. The minimum atomic E-state index is -1.26. The van der Waals surface area contributed by atoms with Gasteiger partial charge in [-0.15, -0.1) is 0 Å². The first kappa shape index (κ1) is 13.7. The lowest BCUT2D eigenvalue weighted by Gasteiger charge is -2.19. The van der Waals surface area contributed by atoms with E-state index >= 15 is 0 Å². The van der Waals surface area contributed by atoms with Gasteiger partial charge in [-0.25, -0.2) is 9.59 Å². The number of rotatable bonds is 5. The number of amides is 2. The number of carboxylic acid groups (broad SMARTS) is 1. The van der Waals surface area contributed by atoms with Gasteiger partial charge in [-0.3, -0.25) is 0 Å². The molecular weight excluding hydrogens is 200 g/mol. The number of urea groups is 1. The molecule has 0 fully saturated rings. The summed E-state index contributed by atoms with van der Waals surface area (Å²) in [6.07, 6.45) is 0. The molecule has 0 saturated heterocycles. The molecule has 2 amide bonds. The van der Waals surface area contributed by atoms with Crippen molar-refractivity contribution in [3.63, 3.8) is 0 Å². The van der Waals surface area contributed by atoms with Gasteiger partial charge in [-0.2, -0.15) is 0 Å². The summed E-state index contributed by atoms with van der Waals surface area (Å²) in [7, 11) is 0. The van der Waals surface area contributed by atoms with Gasteiger partial charge < -0.3 is 20.8 Å². The van der Waals surface area contributed by atoms with Crippen molar-refractivity contribution in [2.75, 3.05) is 6.61 Å². The number of nitrogens with one attached hydrogen (secondary N) is 2. The van der Waals surface area contributed by atoms with Gasteiger partial charge in [0, 0.05) is 6.04 Å². The first-order valence-corrected chi connectivity index (χ1v) is 4.79. The van der Waals surface area contributed by atoms with E-state index in [0.29, 0.717) is 0 Å². The zero-order valence-corrected chi connectivity index (χ0v) is 9.15. The highest BCUT2D eigenvalue weighted by atomic mass is 16.4. The maximum atomic E-state index is 11.2. The molecule has 4 N–H and O–H groups in total. The van der Waals surface area contributed by atoms with Crippen LogP contribution >= 0.6 is 0 Å². The second-order valence-corrected chi connectivity index (χ2v) is 3.72. The molecule has 0 aromatic carbocycles. The van der Waals surface area contributed by atoms with Crippen molar-refractivity contribution in [1.82, 2.24) is 10.6 Å². The van der Waals surface area contributed by atoms with Gasteiger partial charge in [-0.1, -0.05) is 13.8 Å². The Morgan fingerprint density at radius 2 is 1.73 bits per heavy atom. The lowest BCUT2D eigenvalue weighted by molar-refractivity contribution is -0.140. The lowest BCUT2D eigenvalue weighted by atomic mass is 10.1. The van der Waals surface area contributed by atoms with Gasteiger partial charge in [0.25, 0.3) is 0 Å². The van der Waals surface area contributed by atoms with Gasteiger partial charge in [0.2, 0.25) is 0 Å². The van der Waals surface area contributed by atoms with E-state index < -0.39 is 24.6 Å². The highest BCUT2D eigenvalue weighted by Gasteiger charge is 2.19. The standard InChI is InChI=1S/C9H18N2O4/c1-5(2)6(3)10-9(15)11-7(4-12)8(13)14/h5-7,12H,4H2,1-3H3,(H,13,14)(H2,10,11,15)/t6?,7-/m1/s1. The van der Waals surface area contributed by atoms with Crippen molar-refractivity contribution in [3.8, 4) is 0 Å². The van der Waals surface area contributed by atoms with Crippen molar-refractivity contribution in [3.05, 3.63) is 0 Å². The van der Waals surface area contributed by atoms with Crippen molar-refractivity contribution in [1.29, 1.82) is 0 Å². The van der Waals surface area contributed by atoms with E-state index in [0.717, 1.165) is 0 Å². The van der Waals surface area contributed by atoms with Crippen LogP contribution < -0.4 is 10.6 Å². The van der Waals surface area contributed by atoms with Gasteiger partial charge in [-0.05, 0) is 12.8 Å². The molecule has 0 saturated carbocycles. The van der Waals surface area contributed by atoms with Crippen LogP contribution in [0.25, 0.3) is 0 Å². The Balaban J connectivity index is 4.07. The largest absolute Gasteiger partial charge is 0.480 e. The van der Waals surface area contributed by atoms with Gasteiger partial charge >= 0.3 is 12.0 Å². The molecule has 0 aliphatic carbocycles. The molecular formula is C9H18N2O4. The Hall–Kier alpha value is -1.30. The highest BCUT2D eigenvalue weighted by Crippen LogP contribution is 1.99. The molecule has 0 radical (unpaired) electrons. The van der Waals surface area contributed by atoms with Crippen LogP contribution in [0.15, 0.2) is 0 Å². The molecule has 1 unspecified atom stereocenters. The summed E-state index contributed by atoms with van der Waals surface area (Å²) in [5, 5.41) is 22.0. The van der Waals surface area contributed by atoms with Crippen LogP contribution in [-0.4, -0.2) is 40.9 Å².